The van der Waals surface area contributed by atoms with Gasteiger partial charge < -0.3 is 14.5 Å². The van der Waals surface area contributed by atoms with Crippen molar-refractivity contribution >= 4 is 16.9 Å². The van der Waals surface area contributed by atoms with E-state index in [4.69, 9.17) is 4.74 Å². The number of carbonyl (C=O) groups is 1. The summed E-state index contributed by atoms with van der Waals surface area (Å²) in [7, 11) is 1.10. The fourth-order valence-electron chi connectivity index (χ4n) is 2.65. The minimum Gasteiger partial charge on any atom is -0.487 e. The fourth-order valence-corrected chi connectivity index (χ4v) is 2.65. The van der Waals surface area contributed by atoms with E-state index in [2.05, 4.69) is 9.72 Å². The lowest BCUT2D eigenvalue weighted by Gasteiger charge is -2.15. The number of hydrogen-bond donors (Lipinski definition) is 1. The molecule has 0 saturated carbocycles. The number of alkyl halides is 3. The molecule has 0 aliphatic heterocycles. The van der Waals surface area contributed by atoms with E-state index in [1.165, 1.54) is 0 Å². The fraction of sp³-hybridized carbons (Fsp3) is 0.158. The second-order valence-corrected chi connectivity index (χ2v) is 5.67. The average molecular weight is 377 g/mol. The third-order valence-corrected chi connectivity index (χ3v) is 3.90. The highest BCUT2D eigenvalue weighted by atomic mass is 19.4. The standard InChI is InChI=1S/C19H14F3NO4/c1-26-18(25)13-9-14(24)16-12(19(20,21)22)7-8-15(17(16)23-13)27-10-11-5-3-2-4-6-11/h2-9H,10H2,1H3,(H,23,24). The minimum absolute atomic E-state index is 0.0182. The molecule has 1 aromatic heterocycles. The quantitative estimate of drug-likeness (QED) is 0.700. The van der Waals surface area contributed by atoms with Crippen LogP contribution in [0.3, 0.4) is 0 Å². The van der Waals surface area contributed by atoms with Crippen LogP contribution in [0.1, 0.15) is 21.6 Å². The lowest BCUT2D eigenvalue weighted by atomic mass is 10.1. The van der Waals surface area contributed by atoms with Crippen molar-refractivity contribution in [3.8, 4) is 5.75 Å². The number of aromatic amines is 1. The van der Waals surface area contributed by atoms with Crippen molar-refractivity contribution < 1.29 is 27.4 Å². The van der Waals surface area contributed by atoms with E-state index in [0.717, 1.165) is 30.9 Å². The number of esters is 1. The first-order valence-corrected chi connectivity index (χ1v) is 7.83. The zero-order valence-electron chi connectivity index (χ0n) is 14.1. The predicted molar refractivity (Wildman–Crippen MR) is 91.7 cm³/mol. The van der Waals surface area contributed by atoms with Crippen LogP contribution in [-0.4, -0.2) is 18.1 Å². The number of carbonyl (C=O) groups excluding carboxylic acids is 1. The van der Waals surface area contributed by atoms with Crippen molar-refractivity contribution in [2.75, 3.05) is 7.11 Å². The maximum atomic E-state index is 13.3. The number of rotatable bonds is 4. The molecular weight excluding hydrogens is 363 g/mol. The van der Waals surface area contributed by atoms with Gasteiger partial charge >= 0.3 is 12.1 Å². The van der Waals surface area contributed by atoms with Crippen molar-refractivity contribution in [1.29, 1.82) is 0 Å². The maximum absolute atomic E-state index is 13.3. The molecule has 1 heterocycles. The summed E-state index contributed by atoms with van der Waals surface area (Å²) in [6.07, 6.45) is -4.74. The smallest absolute Gasteiger partial charge is 0.417 e. The van der Waals surface area contributed by atoms with Gasteiger partial charge in [0.15, 0.2) is 5.43 Å². The van der Waals surface area contributed by atoms with E-state index in [1.54, 1.807) is 24.3 Å². The Labute approximate surface area is 151 Å². The van der Waals surface area contributed by atoms with Crippen molar-refractivity contribution in [3.05, 3.63) is 75.6 Å². The van der Waals surface area contributed by atoms with E-state index in [-0.39, 0.29) is 23.6 Å². The Morgan fingerprint density at radius 3 is 2.44 bits per heavy atom. The van der Waals surface area contributed by atoms with Gasteiger partial charge in [-0.3, -0.25) is 4.79 Å². The second kappa shape index (κ2) is 7.14. The molecule has 0 saturated heterocycles. The number of ether oxygens (including phenoxy) is 2. The van der Waals surface area contributed by atoms with E-state index in [0.29, 0.717) is 0 Å². The highest BCUT2D eigenvalue weighted by Gasteiger charge is 2.34. The first-order chi connectivity index (χ1) is 12.8. The molecule has 3 aromatic rings. The van der Waals surface area contributed by atoms with E-state index in [1.807, 2.05) is 6.07 Å². The van der Waals surface area contributed by atoms with E-state index < -0.39 is 28.5 Å². The molecule has 140 valence electrons. The highest BCUT2D eigenvalue weighted by Crippen LogP contribution is 2.36. The molecular formula is C19H14F3NO4. The van der Waals surface area contributed by atoms with Crippen molar-refractivity contribution in [2.24, 2.45) is 0 Å². The van der Waals surface area contributed by atoms with Gasteiger partial charge in [-0.05, 0) is 17.7 Å². The number of benzene rings is 2. The van der Waals surface area contributed by atoms with E-state index >= 15 is 0 Å². The van der Waals surface area contributed by atoms with Gasteiger partial charge in [-0.1, -0.05) is 30.3 Å². The Hall–Kier alpha value is -3.29. The summed E-state index contributed by atoms with van der Waals surface area (Å²) >= 11 is 0. The zero-order chi connectivity index (χ0) is 19.6. The summed E-state index contributed by atoms with van der Waals surface area (Å²) in [4.78, 5) is 26.6. The molecule has 0 aliphatic rings. The summed E-state index contributed by atoms with van der Waals surface area (Å²) in [5.41, 5.74) is -1.76. The molecule has 5 nitrogen and oxygen atoms in total. The van der Waals surface area contributed by atoms with Crippen LogP contribution in [0.2, 0.25) is 0 Å². The van der Waals surface area contributed by atoms with Gasteiger partial charge in [0.25, 0.3) is 0 Å². The van der Waals surface area contributed by atoms with Crippen LogP contribution in [0.25, 0.3) is 10.9 Å². The van der Waals surface area contributed by atoms with Gasteiger partial charge in [0.2, 0.25) is 0 Å². The van der Waals surface area contributed by atoms with Gasteiger partial charge in [-0.25, -0.2) is 4.79 Å². The third kappa shape index (κ3) is 3.79. The molecule has 2 aromatic carbocycles. The minimum atomic E-state index is -4.74. The van der Waals surface area contributed by atoms with Crippen LogP contribution in [0.4, 0.5) is 13.2 Å². The Morgan fingerprint density at radius 2 is 1.81 bits per heavy atom. The number of H-pyrrole nitrogens is 1. The summed E-state index contributed by atoms with van der Waals surface area (Å²) in [6.45, 7) is 0.0752. The van der Waals surface area contributed by atoms with Crippen LogP contribution < -0.4 is 10.2 Å². The van der Waals surface area contributed by atoms with Crippen molar-refractivity contribution in [2.45, 2.75) is 12.8 Å². The summed E-state index contributed by atoms with van der Waals surface area (Å²) in [5, 5.41) is -0.597. The number of hydrogen-bond acceptors (Lipinski definition) is 4. The van der Waals surface area contributed by atoms with Crippen molar-refractivity contribution in [3.63, 3.8) is 0 Å². The van der Waals surface area contributed by atoms with Crippen LogP contribution in [0.15, 0.2) is 53.3 Å². The molecule has 0 spiro atoms. The number of pyridine rings is 1. The van der Waals surface area contributed by atoms with Crippen LogP contribution >= 0.6 is 0 Å². The number of nitrogens with one attached hydrogen (secondary N) is 1. The SMILES string of the molecule is COC(=O)c1cc(=O)c2c(C(F)(F)F)ccc(OCc3ccccc3)c2[nH]1. The topological polar surface area (TPSA) is 68.4 Å². The highest BCUT2D eigenvalue weighted by molar-refractivity contribution is 5.94. The molecule has 0 unspecified atom stereocenters. The molecule has 0 atom stereocenters. The van der Waals surface area contributed by atoms with Gasteiger partial charge in [0.05, 0.1) is 23.6 Å². The molecule has 0 aliphatic carbocycles. The average Bonchev–Trinajstić information content (AvgIpc) is 2.65. The molecule has 1 N–H and O–H groups in total. The largest absolute Gasteiger partial charge is 0.487 e. The number of methoxy groups -OCH3 is 1. The van der Waals surface area contributed by atoms with Crippen molar-refractivity contribution in [1.82, 2.24) is 4.98 Å². The second-order valence-electron chi connectivity index (χ2n) is 5.67. The molecule has 0 bridgehead atoms. The molecule has 3 rings (SSSR count). The molecule has 0 fully saturated rings. The van der Waals surface area contributed by atoms with Gasteiger partial charge in [0, 0.05) is 6.07 Å². The van der Waals surface area contributed by atoms with Crippen LogP contribution in [0.5, 0.6) is 5.75 Å². The zero-order valence-corrected chi connectivity index (χ0v) is 14.1. The Balaban J connectivity index is 2.17. The molecule has 0 radical (unpaired) electrons. The first-order valence-electron chi connectivity index (χ1n) is 7.83. The maximum Gasteiger partial charge on any atom is 0.417 e. The van der Waals surface area contributed by atoms with Gasteiger partial charge in [0.1, 0.15) is 18.1 Å². The Kier molecular flexibility index (Phi) is 4.89. The monoisotopic (exact) mass is 377 g/mol. The molecule has 0 amide bonds. The normalized spacial score (nSPS) is 11.4. The Bertz CT molecular complexity index is 1040. The van der Waals surface area contributed by atoms with Gasteiger partial charge in [-0.2, -0.15) is 13.2 Å². The first kappa shape index (κ1) is 18.5. The summed E-state index contributed by atoms with van der Waals surface area (Å²) in [5.74, 6) is -0.856. The third-order valence-electron chi connectivity index (χ3n) is 3.90. The lowest BCUT2D eigenvalue weighted by molar-refractivity contribution is -0.136. The van der Waals surface area contributed by atoms with Crippen LogP contribution in [0, 0.1) is 0 Å². The molecule has 27 heavy (non-hydrogen) atoms. The Morgan fingerprint density at radius 1 is 1.11 bits per heavy atom. The number of aromatic nitrogens is 1. The summed E-state index contributed by atoms with van der Waals surface area (Å²) in [6, 6.07) is 11.7. The molecule has 8 heteroatoms. The number of halogens is 3. The van der Waals surface area contributed by atoms with E-state index in [9.17, 15) is 22.8 Å². The van der Waals surface area contributed by atoms with Gasteiger partial charge in [-0.15, -0.1) is 0 Å². The summed E-state index contributed by atoms with van der Waals surface area (Å²) < 4.78 is 50.1. The lowest BCUT2D eigenvalue weighted by Crippen LogP contribution is -2.16. The van der Waals surface area contributed by atoms with Crippen LogP contribution in [-0.2, 0) is 17.5 Å². The number of fused-ring (bicyclic) bond motifs is 1. The predicted octanol–water partition coefficient (Wildman–Crippen LogP) is 3.91.